The summed E-state index contributed by atoms with van der Waals surface area (Å²) in [6.45, 7) is 5.66. The minimum atomic E-state index is -1.12. The number of alkyl halides is 1. The predicted octanol–water partition coefficient (Wildman–Crippen LogP) is 0.946. The Balaban J connectivity index is 2.34. The van der Waals surface area contributed by atoms with Crippen LogP contribution in [0.2, 0.25) is 0 Å². The maximum atomic E-state index is 13.6. The fourth-order valence-electron chi connectivity index (χ4n) is 1.89. The van der Waals surface area contributed by atoms with E-state index in [1.807, 2.05) is 11.8 Å². The van der Waals surface area contributed by atoms with E-state index in [9.17, 15) is 9.18 Å². The average molecular weight is 202 g/mol. The molecule has 0 aromatic carbocycles. The van der Waals surface area contributed by atoms with Crippen LogP contribution in [0.5, 0.6) is 0 Å². The number of hydrogen-bond donors (Lipinski definition) is 1. The van der Waals surface area contributed by atoms with Gasteiger partial charge in [0.25, 0.3) is 0 Å². The summed E-state index contributed by atoms with van der Waals surface area (Å²) in [6.07, 6.45) is 1.45. The maximum Gasteiger partial charge on any atom is 0.234 e. The lowest BCUT2D eigenvalue weighted by molar-refractivity contribution is -0.123. The van der Waals surface area contributed by atoms with Crippen LogP contribution in [0.3, 0.4) is 0 Å². The number of halogens is 1. The van der Waals surface area contributed by atoms with Crippen molar-refractivity contribution in [2.45, 2.75) is 32.4 Å². The summed E-state index contributed by atoms with van der Waals surface area (Å²) in [7, 11) is 0. The third-order valence-electron chi connectivity index (χ3n) is 2.47. The second-order valence-electron chi connectivity index (χ2n) is 4.18. The smallest absolute Gasteiger partial charge is 0.234 e. The zero-order chi connectivity index (χ0) is 10.6. The van der Waals surface area contributed by atoms with Crippen molar-refractivity contribution in [2.75, 3.05) is 26.2 Å². The summed E-state index contributed by atoms with van der Waals surface area (Å²) in [5, 5.41) is 2.72. The Morgan fingerprint density at radius 2 is 2.36 bits per heavy atom. The molecule has 0 radical (unpaired) electrons. The maximum absolute atomic E-state index is 13.6. The van der Waals surface area contributed by atoms with Gasteiger partial charge in [0.15, 0.2) is 0 Å². The lowest BCUT2D eigenvalue weighted by atomic mass is 9.97. The average Bonchev–Trinajstić information content (AvgIpc) is 2.02. The summed E-state index contributed by atoms with van der Waals surface area (Å²) in [5.74, 6) is -0.00907. The number of carbonyl (C=O) groups excluding carboxylic acids is 1. The van der Waals surface area contributed by atoms with E-state index in [2.05, 4.69) is 5.32 Å². The van der Waals surface area contributed by atoms with E-state index in [1.54, 1.807) is 6.92 Å². The van der Waals surface area contributed by atoms with Gasteiger partial charge in [0.2, 0.25) is 5.91 Å². The molecule has 3 nitrogen and oxygen atoms in total. The highest BCUT2D eigenvalue weighted by Gasteiger charge is 2.30. The van der Waals surface area contributed by atoms with Crippen molar-refractivity contribution >= 4 is 5.91 Å². The third kappa shape index (κ3) is 3.62. The Hall–Kier alpha value is -0.640. The molecule has 82 valence electrons. The van der Waals surface area contributed by atoms with Crippen LogP contribution in [0.4, 0.5) is 4.39 Å². The standard InChI is InChI=1S/C10H19FN2O/c1-3-12-9(14)7-13-6-4-5-10(2,11)8-13/h3-8H2,1-2H3,(H,12,14)/t10-/m0/s1. The second kappa shape index (κ2) is 4.73. The van der Waals surface area contributed by atoms with Gasteiger partial charge in [-0.05, 0) is 33.2 Å². The van der Waals surface area contributed by atoms with E-state index in [4.69, 9.17) is 0 Å². The molecule has 1 heterocycles. The Morgan fingerprint density at radius 3 is 2.93 bits per heavy atom. The van der Waals surface area contributed by atoms with E-state index in [1.165, 1.54) is 0 Å². The van der Waals surface area contributed by atoms with Crippen molar-refractivity contribution in [3.05, 3.63) is 0 Å². The summed E-state index contributed by atoms with van der Waals surface area (Å²) in [5.41, 5.74) is -1.12. The first-order valence-corrected chi connectivity index (χ1v) is 5.21. The molecule has 14 heavy (non-hydrogen) atoms. The predicted molar refractivity (Wildman–Crippen MR) is 53.9 cm³/mol. The van der Waals surface area contributed by atoms with Gasteiger partial charge >= 0.3 is 0 Å². The Morgan fingerprint density at radius 1 is 1.64 bits per heavy atom. The van der Waals surface area contributed by atoms with Crippen molar-refractivity contribution in [2.24, 2.45) is 0 Å². The number of nitrogens with zero attached hydrogens (tertiary/aromatic N) is 1. The van der Waals surface area contributed by atoms with E-state index in [0.29, 0.717) is 26.1 Å². The fourth-order valence-corrected chi connectivity index (χ4v) is 1.89. The van der Waals surface area contributed by atoms with Crippen LogP contribution in [0.1, 0.15) is 26.7 Å². The number of amides is 1. The first kappa shape index (κ1) is 11.4. The first-order chi connectivity index (χ1) is 6.53. The van der Waals surface area contributed by atoms with Crippen LogP contribution in [0.15, 0.2) is 0 Å². The van der Waals surface area contributed by atoms with Crippen LogP contribution in [-0.4, -0.2) is 42.7 Å². The molecule has 0 spiro atoms. The molecule has 1 aliphatic heterocycles. The lowest BCUT2D eigenvalue weighted by Crippen LogP contribution is -2.47. The highest BCUT2D eigenvalue weighted by Crippen LogP contribution is 2.23. The number of hydrogen-bond acceptors (Lipinski definition) is 2. The highest BCUT2D eigenvalue weighted by atomic mass is 19.1. The molecular weight excluding hydrogens is 183 g/mol. The zero-order valence-corrected chi connectivity index (χ0v) is 8.98. The molecule has 1 atom stereocenters. The van der Waals surface area contributed by atoms with Gasteiger partial charge in [-0.2, -0.15) is 0 Å². The molecule has 1 saturated heterocycles. The van der Waals surface area contributed by atoms with Gasteiger partial charge in [-0.15, -0.1) is 0 Å². The van der Waals surface area contributed by atoms with Crippen molar-refractivity contribution in [1.82, 2.24) is 10.2 Å². The molecule has 0 bridgehead atoms. The van der Waals surface area contributed by atoms with Gasteiger partial charge < -0.3 is 5.32 Å². The molecule has 0 aliphatic carbocycles. The minimum Gasteiger partial charge on any atom is -0.355 e. The molecule has 4 heteroatoms. The molecule has 1 amide bonds. The van der Waals surface area contributed by atoms with Crippen molar-refractivity contribution < 1.29 is 9.18 Å². The third-order valence-corrected chi connectivity index (χ3v) is 2.47. The van der Waals surface area contributed by atoms with Gasteiger partial charge in [0.1, 0.15) is 5.67 Å². The number of likely N-dealkylation sites (tertiary alicyclic amines) is 1. The molecule has 1 N–H and O–H groups in total. The normalized spacial score (nSPS) is 28.8. The summed E-state index contributed by atoms with van der Waals surface area (Å²) in [6, 6.07) is 0. The highest BCUT2D eigenvalue weighted by molar-refractivity contribution is 5.77. The van der Waals surface area contributed by atoms with Crippen LogP contribution in [0, 0.1) is 0 Å². The molecule has 0 unspecified atom stereocenters. The van der Waals surface area contributed by atoms with Gasteiger partial charge in [-0.25, -0.2) is 4.39 Å². The molecule has 0 saturated carbocycles. The van der Waals surface area contributed by atoms with Gasteiger partial charge in [0.05, 0.1) is 6.54 Å². The van der Waals surface area contributed by atoms with Crippen LogP contribution < -0.4 is 5.32 Å². The molecular formula is C10H19FN2O. The van der Waals surface area contributed by atoms with Gasteiger partial charge in [-0.1, -0.05) is 0 Å². The van der Waals surface area contributed by atoms with E-state index in [-0.39, 0.29) is 5.91 Å². The molecule has 0 aromatic rings. The van der Waals surface area contributed by atoms with Crippen molar-refractivity contribution in [3.8, 4) is 0 Å². The largest absolute Gasteiger partial charge is 0.355 e. The SMILES string of the molecule is CCNC(=O)CN1CCC[C@](C)(F)C1. The minimum absolute atomic E-state index is 0.00907. The van der Waals surface area contributed by atoms with E-state index in [0.717, 1.165) is 13.0 Å². The molecule has 1 fully saturated rings. The molecule has 1 rings (SSSR count). The van der Waals surface area contributed by atoms with Crippen LogP contribution >= 0.6 is 0 Å². The fraction of sp³-hybridized carbons (Fsp3) is 0.900. The topological polar surface area (TPSA) is 32.3 Å². The lowest BCUT2D eigenvalue weighted by Gasteiger charge is -2.34. The van der Waals surface area contributed by atoms with Gasteiger partial charge in [-0.3, -0.25) is 9.69 Å². The summed E-state index contributed by atoms with van der Waals surface area (Å²) in [4.78, 5) is 13.1. The summed E-state index contributed by atoms with van der Waals surface area (Å²) < 4.78 is 13.6. The Bertz CT molecular complexity index is 206. The number of rotatable bonds is 3. The Kier molecular flexibility index (Phi) is 3.86. The molecule has 1 aliphatic rings. The number of likely N-dealkylation sites (N-methyl/N-ethyl adjacent to an activating group) is 1. The second-order valence-corrected chi connectivity index (χ2v) is 4.18. The van der Waals surface area contributed by atoms with E-state index < -0.39 is 5.67 Å². The van der Waals surface area contributed by atoms with Crippen molar-refractivity contribution in [1.29, 1.82) is 0 Å². The van der Waals surface area contributed by atoms with Gasteiger partial charge in [0, 0.05) is 13.1 Å². The monoisotopic (exact) mass is 202 g/mol. The zero-order valence-electron chi connectivity index (χ0n) is 8.98. The summed E-state index contributed by atoms with van der Waals surface area (Å²) >= 11 is 0. The van der Waals surface area contributed by atoms with E-state index >= 15 is 0 Å². The van der Waals surface area contributed by atoms with Crippen LogP contribution in [0.25, 0.3) is 0 Å². The Labute approximate surface area is 84.7 Å². The first-order valence-electron chi connectivity index (χ1n) is 5.21. The number of nitrogens with one attached hydrogen (secondary N) is 1. The molecule has 0 aromatic heterocycles. The quantitative estimate of drug-likeness (QED) is 0.739. The number of piperidine rings is 1. The van der Waals surface area contributed by atoms with Crippen LogP contribution in [-0.2, 0) is 4.79 Å². The number of carbonyl (C=O) groups is 1. The van der Waals surface area contributed by atoms with Crippen molar-refractivity contribution in [3.63, 3.8) is 0 Å².